The molecule has 3 N–H and O–H groups in total. The summed E-state index contributed by atoms with van der Waals surface area (Å²) in [6, 6.07) is 11.8. The van der Waals surface area contributed by atoms with Crippen LogP contribution in [0.1, 0.15) is 24.1 Å². The van der Waals surface area contributed by atoms with Crippen LogP contribution in [0.5, 0.6) is 5.75 Å². The molecule has 0 unspecified atom stereocenters. The summed E-state index contributed by atoms with van der Waals surface area (Å²) < 4.78 is 0. The minimum absolute atomic E-state index is 0.287. The summed E-state index contributed by atoms with van der Waals surface area (Å²) in [6.07, 6.45) is 3.18. The number of fused-ring (bicyclic) bond motifs is 2. The molecular formula is C21H23N5O. The van der Waals surface area contributed by atoms with Gasteiger partial charge in [0.1, 0.15) is 11.6 Å². The van der Waals surface area contributed by atoms with Crippen molar-refractivity contribution in [1.29, 1.82) is 0 Å². The standard InChI is InChI=1S/C21H23N5O/c22-20-17-7-10-26(13-18(17)23-21(24-20)25-8-3-4-9-25)19-12-15(27)11-14-5-1-2-6-16(14)19/h1-2,5-6,11-12,27H,3-4,7-10,13H2,(H2,22,23,24). The van der Waals surface area contributed by atoms with Crippen molar-refractivity contribution >= 4 is 28.2 Å². The summed E-state index contributed by atoms with van der Waals surface area (Å²) in [7, 11) is 0. The highest BCUT2D eigenvalue weighted by molar-refractivity contribution is 5.95. The van der Waals surface area contributed by atoms with Gasteiger partial charge in [0.05, 0.1) is 12.2 Å². The molecule has 2 aromatic carbocycles. The molecule has 138 valence electrons. The third-order valence-electron chi connectivity index (χ3n) is 5.64. The summed E-state index contributed by atoms with van der Waals surface area (Å²) >= 11 is 0. The summed E-state index contributed by atoms with van der Waals surface area (Å²) in [6.45, 7) is 3.51. The quantitative estimate of drug-likeness (QED) is 0.730. The monoisotopic (exact) mass is 361 g/mol. The van der Waals surface area contributed by atoms with Gasteiger partial charge >= 0.3 is 0 Å². The molecule has 27 heavy (non-hydrogen) atoms. The van der Waals surface area contributed by atoms with Crippen LogP contribution in [-0.4, -0.2) is 34.7 Å². The lowest BCUT2D eigenvalue weighted by molar-refractivity contribution is 0.476. The Hall–Kier alpha value is -3.02. The molecule has 2 aliphatic rings. The molecule has 3 aromatic rings. The molecule has 1 aromatic heterocycles. The van der Waals surface area contributed by atoms with Crippen molar-refractivity contribution in [3.05, 3.63) is 47.7 Å². The number of nitrogens with two attached hydrogens (primary N) is 1. The lowest BCUT2D eigenvalue weighted by Gasteiger charge is -2.32. The van der Waals surface area contributed by atoms with E-state index in [1.165, 1.54) is 12.8 Å². The molecule has 6 nitrogen and oxygen atoms in total. The summed E-state index contributed by atoms with van der Waals surface area (Å²) in [5.74, 6) is 1.66. The molecule has 2 aliphatic heterocycles. The Morgan fingerprint density at radius 1 is 0.963 bits per heavy atom. The Morgan fingerprint density at radius 2 is 1.78 bits per heavy atom. The van der Waals surface area contributed by atoms with Gasteiger partial charge in [-0.2, -0.15) is 4.98 Å². The number of hydrogen-bond donors (Lipinski definition) is 2. The van der Waals surface area contributed by atoms with E-state index in [0.717, 1.165) is 59.7 Å². The highest BCUT2D eigenvalue weighted by Gasteiger charge is 2.25. The zero-order valence-corrected chi connectivity index (χ0v) is 15.2. The van der Waals surface area contributed by atoms with Crippen molar-refractivity contribution < 1.29 is 5.11 Å². The van der Waals surface area contributed by atoms with Crippen molar-refractivity contribution in [2.45, 2.75) is 25.8 Å². The van der Waals surface area contributed by atoms with Crippen molar-refractivity contribution in [2.75, 3.05) is 35.2 Å². The Balaban J connectivity index is 1.54. The van der Waals surface area contributed by atoms with Gasteiger partial charge in [0, 0.05) is 42.3 Å². The Morgan fingerprint density at radius 3 is 2.63 bits per heavy atom. The predicted molar refractivity (Wildman–Crippen MR) is 108 cm³/mol. The molecule has 0 spiro atoms. The van der Waals surface area contributed by atoms with Crippen molar-refractivity contribution in [3.8, 4) is 5.75 Å². The van der Waals surface area contributed by atoms with Gasteiger partial charge in [0.25, 0.3) is 0 Å². The van der Waals surface area contributed by atoms with Gasteiger partial charge < -0.3 is 20.6 Å². The maximum Gasteiger partial charge on any atom is 0.227 e. The van der Waals surface area contributed by atoms with E-state index in [2.05, 4.69) is 20.9 Å². The number of nitrogen functional groups attached to an aromatic ring is 1. The van der Waals surface area contributed by atoms with E-state index < -0.39 is 0 Å². The molecular weight excluding hydrogens is 338 g/mol. The molecule has 0 amide bonds. The minimum atomic E-state index is 0.287. The van der Waals surface area contributed by atoms with E-state index >= 15 is 0 Å². The Labute approximate surface area is 158 Å². The molecule has 0 atom stereocenters. The number of anilines is 3. The lowest BCUT2D eigenvalue weighted by Crippen LogP contribution is -2.33. The summed E-state index contributed by atoms with van der Waals surface area (Å²) in [4.78, 5) is 13.9. The highest BCUT2D eigenvalue weighted by atomic mass is 16.3. The van der Waals surface area contributed by atoms with Crippen LogP contribution in [0.2, 0.25) is 0 Å². The molecule has 6 heteroatoms. The maximum atomic E-state index is 10.2. The van der Waals surface area contributed by atoms with E-state index in [1.807, 2.05) is 30.3 Å². The van der Waals surface area contributed by atoms with Crippen molar-refractivity contribution in [3.63, 3.8) is 0 Å². The molecule has 0 radical (unpaired) electrons. The minimum Gasteiger partial charge on any atom is -0.508 e. The van der Waals surface area contributed by atoms with Crippen molar-refractivity contribution in [2.24, 2.45) is 0 Å². The van der Waals surface area contributed by atoms with Crippen LogP contribution >= 0.6 is 0 Å². The smallest absolute Gasteiger partial charge is 0.227 e. The van der Waals surface area contributed by atoms with Gasteiger partial charge in [-0.15, -0.1) is 0 Å². The van der Waals surface area contributed by atoms with Crippen LogP contribution in [0.25, 0.3) is 10.8 Å². The number of hydrogen-bond acceptors (Lipinski definition) is 6. The van der Waals surface area contributed by atoms with Crippen molar-refractivity contribution in [1.82, 2.24) is 9.97 Å². The molecule has 5 rings (SSSR count). The first-order valence-electron chi connectivity index (χ1n) is 9.56. The van der Waals surface area contributed by atoms with Gasteiger partial charge in [-0.3, -0.25) is 0 Å². The molecule has 0 saturated carbocycles. The maximum absolute atomic E-state index is 10.2. The van der Waals surface area contributed by atoms with Gasteiger partial charge in [0.15, 0.2) is 0 Å². The second-order valence-corrected chi connectivity index (χ2v) is 7.39. The number of phenols is 1. The van der Waals surface area contributed by atoms with Crippen LogP contribution in [0.4, 0.5) is 17.5 Å². The Kier molecular flexibility index (Phi) is 3.77. The second kappa shape index (κ2) is 6.30. The SMILES string of the molecule is Nc1nc(N2CCCC2)nc2c1CCN(c1cc(O)cc3ccccc13)C2. The third-order valence-corrected chi connectivity index (χ3v) is 5.64. The largest absolute Gasteiger partial charge is 0.508 e. The summed E-state index contributed by atoms with van der Waals surface area (Å²) in [5.41, 5.74) is 9.38. The number of benzene rings is 2. The fraction of sp³-hybridized carbons (Fsp3) is 0.333. The molecule has 3 heterocycles. The van der Waals surface area contributed by atoms with Gasteiger partial charge in [-0.05, 0) is 30.7 Å². The molecule has 1 saturated heterocycles. The number of aromatic nitrogens is 2. The van der Waals surface area contributed by atoms with E-state index in [-0.39, 0.29) is 5.75 Å². The van der Waals surface area contributed by atoms with Gasteiger partial charge in [0.2, 0.25) is 5.95 Å². The Bertz CT molecular complexity index is 1010. The predicted octanol–water partition coefficient (Wildman–Crippen LogP) is 3.08. The zero-order chi connectivity index (χ0) is 18.4. The van der Waals surface area contributed by atoms with E-state index in [4.69, 9.17) is 10.7 Å². The second-order valence-electron chi connectivity index (χ2n) is 7.39. The van der Waals surface area contributed by atoms with Gasteiger partial charge in [-0.1, -0.05) is 24.3 Å². The number of nitrogens with zero attached hydrogens (tertiary/aromatic N) is 4. The fourth-order valence-corrected chi connectivity index (χ4v) is 4.25. The molecule has 1 fully saturated rings. The van der Waals surface area contributed by atoms with Crippen LogP contribution in [-0.2, 0) is 13.0 Å². The molecule has 0 bridgehead atoms. The number of phenolic OH excluding ortho intramolecular Hbond substituents is 1. The first-order chi connectivity index (χ1) is 13.2. The van der Waals surface area contributed by atoms with Crippen LogP contribution in [0.15, 0.2) is 36.4 Å². The average molecular weight is 361 g/mol. The molecule has 0 aliphatic carbocycles. The van der Waals surface area contributed by atoms with E-state index in [1.54, 1.807) is 0 Å². The highest BCUT2D eigenvalue weighted by Crippen LogP contribution is 2.35. The normalized spacial score (nSPS) is 16.7. The fourth-order valence-electron chi connectivity index (χ4n) is 4.25. The summed E-state index contributed by atoms with van der Waals surface area (Å²) in [5, 5.41) is 12.4. The van der Waals surface area contributed by atoms with Crippen LogP contribution in [0, 0.1) is 0 Å². The van der Waals surface area contributed by atoms with Crippen LogP contribution < -0.4 is 15.5 Å². The number of rotatable bonds is 2. The average Bonchev–Trinajstić information content (AvgIpc) is 3.21. The topological polar surface area (TPSA) is 78.5 Å². The first-order valence-corrected chi connectivity index (χ1v) is 9.56. The van der Waals surface area contributed by atoms with Crippen LogP contribution in [0.3, 0.4) is 0 Å². The first kappa shape index (κ1) is 16.2. The van der Waals surface area contributed by atoms with E-state index in [0.29, 0.717) is 12.4 Å². The van der Waals surface area contributed by atoms with E-state index in [9.17, 15) is 5.11 Å². The number of aromatic hydroxyl groups is 1. The lowest BCUT2D eigenvalue weighted by atomic mass is 10.0. The van der Waals surface area contributed by atoms with Gasteiger partial charge in [-0.25, -0.2) is 4.98 Å². The third kappa shape index (κ3) is 2.81. The zero-order valence-electron chi connectivity index (χ0n) is 15.2.